The molecule has 0 amide bonds. The predicted octanol–water partition coefficient (Wildman–Crippen LogP) is 4.16. The Bertz CT molecular complexity index is 641. The molecule has 2 heterocycles. The number of anilines is 1. The van der Waals surface area contributed by atoms with Gasteiger partial charge in [-0.25, -0.2) is 9.78 Å². The van der Waals surface area contributed by atoms with E-state index in [9.17, 15) is 9.18 Å². The van der Waals surface area contributed by atoms with Gasteiger partial charge < -0.3 is 10.1 Å². The topological polar surface area (TPSA) is 54.5 Å². The van der Waals surface area contributed by atoms with E-state index in [1.165, 1.54) is 45.1 Å². The molecule has 27 heavy (non-hydrogen) atoms. The van der Waals surface area contributed by atoms with Crippen LogP contribution in [-0.4, -0.2) is 47.6 Å². The van der Waals surface area contributed by atoms with Gasteiger partial charge in [-0.2, -0.15) is 4.39 Å². The summed E-state index contributed by atoms with van der Waals surface area (Å²) in [7, 11) is 0. The van der Waals surface area contributed by atoms with Crippen molar-refractivity contribution in [2.75, 3.05) is 25.0 Å². The van der Waals surface area contributed by atoms with Gasteiger partial charge in [0, 0.05) is 24.8 Å². The Labute approximate surface area is 161 Å². The van der Waals surface area contributed by atoms with E-state index in [0.29, 0.717) is 11.6 Å². The average molecular weight is 375 g/mol. The molecular formula is C21H30FN3O2. The standard InChI is InChI=1S/C21H30FN3O2/c1-2-27-21(26)19(22)13-16-10-11-20(23-14-16)24-17-7-6-12-25(15-17)18-8-4-3-5-9-18/h10-11,13-14,17-18H,2-9,12,15H2,1H3,(H,23,24)/t17-/m1/s1. The summed E-state index contributed by atoms with van der Waals surface area (Å²) in [5.74, 6) is -1.06. The van der Waals surface area contributed by atoms with Crippen molar-refractivity contribution in [1.82, 2.24) is 9.88 Å². The number of likely N-dealkylation sites (tertiary alicyclic amines) is 1. The lowest BCUT2D eigenvalue weighted by Crippen LogP contribution is -2.47. The van der Waals surface area contributed by atoms with Gasteiger partial charge in [-0.1, -0.05) is 19.3 Å². The Kier molecular flexibility index (Phi) is 7.21. The summed E-state index contributed by atoms with van der Waals surface area (Å²) < 4.78 is 18.3. The molecule has 6 heteroatoms. The highest BCUT2D eigenvalue weighted by Crippen LogP contribution is 2.26. The molecule has 1 atom stereocenters. The molecule has 1 aromatic rings. The fourth-order valence-corrected chi connectivity index (χ4v) is 4.09. The third-order valence-electron chi connectivity index (χ3n) is 5.45. The number of rotatable bonds is 6. The number of hydrogen-bond donors (Lipinski definition) is 1. The first-order valence-electron chi connectivity index (χ1n) is 10.2. The van der Waals surface area contributed by atoms with Crippen LogP contribution >= 0.6 is 0 Å². The summed E-state index contributed by atoms with van der Waals surface area (Å²) in [6, 6.07) is 4.74. The molecule has 5 nitrogen and oxygen atoms in total. The molecule has 1 aliphatic carbocycles. The van der Waals surface area contributed by atoms with Gasteiger partial charge in [-0.05, 0) is 62.9 Å². The van der Waals surface area contributed by atoms with Crippen molar-refractivity contribution in [3.8, 4) is 0 Å². The van der Waals surface area contributed by atoms with E-state index in [1.54, 1.807) is 19.2 Å². The molecule has 1 N–H and O–H groups in total. The minimum absolute atomic E-state index is 0.153. The third-order valence-corrected chi connectivity index (χ3v) is 5.45. The molecule has 2 fully saturated rings. The van der Waals surface area contributed by atoms with Crippen LogP contribution in [0.5, 0.6) is 0 Å². The van der Waals surface area contributed by atoms with Crippen LogP contribution in [0.2, 0.25) is 0 Å². The molecule has 0 radical (unpaired) electrons. The predicted molar refractivity (Wildman–Crippen MR) is 105 cm³/mol. The molecule has 1 saturated heterocycles. The highest BCUT2D eigenvalue weighted by molar-refractivity contribution is 5.91. The van der Waals surface area contributed by atoms with E-state index in [1.807, 2.05) is 6.07 Å². The number of esters is 1. The maximum Gasteiger partial charge on any atom is 0.367 e. The fraction of sp³-hybridized carbons (Fsp3) is 0.619. The summed E-state index contributed by atoms with van der Waals surface area (Å²) in [4.78, 5) is 18.4. The zero-order valence-electron chi connectivity index (χ0n) is 16.1. The number of carbonyl (C=O) groups is 1. The van der Waals surface area contributed by atoms with E-state index in [4.69, 9.17) is 0 Å². The number of nitrogens with one attached hydrogen (secondary N) is 1. The third kappa shape index (κ3) is 5.76. The van der Waals surface area contributed by atoms with Crippen molar-refractivity contribution in [2.24, 2.45) is 0 Å². The maximum absolute atomic E-state index is 13.7. The lowest BCUT2D eigenvalue weighted by molar-refractivity contribution is -0.140. The van der Waals surface area contributed by atoms with Gasteiger partial charge in [-0.3, -0.25) is 4.90 Å². The Morgan fingerprint density at radius 2 is 2.11 bits per heavy atom. The Morgan fingerprint density at radius 1 is 1.30 bits per heavy atom. The highest BCUT2D eigenvalue weighted by Gasteiger charge is 2.26. The van der Waals surface area contributed by atoms with Crippen molar-refractivity contribution in [3.63, 3.8) is 0 Å². The van der Waals surface area contributed by atoms with Crippen molar-refractivity contribution in [1.29, 1.82) is 0 Å². The molecule has 0 aromatic carbocycles. The number of carbonyl (C=O) groups excluding carboxylic acids is 1. The molecule has 3 rings (SSSR count). The number of nitrogens with zero attached hydrogens (tertiary/aromatic N) is 2. The van der Waals surface area contributed by atoms with Gasteiger partial charge >= 0.3 is 5.97 Å². The molecule has 1 aromatic heterocycles. The van der Waals surface area contributed by atoms with Crippen LogP contribution in [0.3, 0.4) is 0 Å². The lowest BCUT2D eigenvalue weighted by Gasteiger charge is -2.40. The summed E-state index contributed by atoms with van der Waals surface area (Å²) in [5.41, 5.74) is 0.540. The Hall–Kier alpha value is -1.95. The molecule has 0 bridgehead atoms. The van der Waals surface area contributed by atoms with E-state index in [-0.39, 0.29) is 6.61 Å². The second-order valence-electron chi connectivity index (χ2n) is 7.46. The number of ether oxygens (including phenoxy) is 1. The van der Waals surface area contributed by atoms with E-state index in [2.05, 4.69) is 19.9 Å². The van der Waals surface area contributed by atoms with Crippen LogP contribution in [0.15, 0.2) is 24.2 Å². The second kappa shape index (κ2) is 9.83. The van der Waals surface area contributed by atoms with Crippen LogP contribution in [0, 0.1) is 0 Å². The van der Waals surface area contributed by atoms with Gasteiger partial charge in [0.1, 0.15) is 5.82 Å². The largest absolute Gasteiger partial charge is 0.461 e. The van der Waals surface area contributed by atoms with Crippen LogP contribution < -0.4 is 5.32 Å². The number of halogens is 1. The van der Waals surface area contributed by atoms with Crippen molar-refractivity contribution >= 4 is 17.9 Å². The van der Waals surface area contributed by atoms with Crippen LogP contribution in [0.4, 0.5) is 10.2 Å². The van der Waals surface area contributed by atoms with E-state index in [0.717, 1.165) is 30.9 Å². The summed E-state index contributed by atoms with van der Waals surface area (Å²) in [6.45, 7) is 4.06. The molecule has 0 spiro atoms. The summed E-state index contributed by atoms with van der Waals surface area (Å²) in [6.07, 6.45) is 11.8. The van der Waals surface area contributed by atoms with Gasteiger partial charge in [0.05, 0.1) is 6.61 Å². The molecule has 2 aliphatic rings. The molecule has 0 unspecified atom stereocenters. The molecule has 148 valence electrons. The quantitative estimate of drug-likeness (QED) is 0.598. The van der Waals surface area contributed by atoms with Crippen LogP contribution in [0.25, 0.3) is 6.08 Å². The normalized spacial score (nSPS) is 22.4. The summed E-state index contributed by atoms with van der Waals surface area (Å²) >= 11 is 0. The first kappa shape index (κ1) is 19.8. The SMILES string of the molecule is CCOC(=O)C(F)=Cc1ccc(N[C@@H]2CCCN(C3CCCCC3)C2)nc1. The highest BCUT2D eigenvalue weighted by atomic mass is 19.1. The molecular weight excluding hydrogens is 345 g/mol. The van der Waals surface area contributed by atoms with E-state index < -0.39 is 11.8 Å². The van der Waals surface area contributed by atoms with Crippen LogP contribution in [0.1, 0.15) is 57.4 Å². The molecule has 1 aliphatic heterocycles. The monoisotopic (exact) mass is 375 g/mol. The number of piperidine rings is 1. The lowest BCUT2D eigenvalue weighted by atomic mass is 9.92. The number of aromatic nitrogens is 1. The van der Waals surface area contributed by atoms with E-state index >= 15 is 0 Å². The second-order valence-corrected chi connectivity index (χ2v) is 7.46. The van der Waals surface area contributed by atoms with Gasteiger partial charge in [0.15, 0.2) is 0 Å². The summed E-state index contributed by atoms with van der Waals surface area (Å²) in [5, 5.41) is 3.51. The molecule has 1 saturated carbocycles. The Balaban J connectivity index is 1.54. The minimum atomic E-state index is -0.940. The van der Waals surface area contributed by atoms with Crippen molar-refractivity contribution in [3.05, 3.63) is 29.7 Å². The minimum Gasteiger partial charge on any atom is -0.461 e. The number of pyridine rings is 1. The van der Waals surface area contributed by atoms with Crippen molar-refractivity contribution in [2.45, 2.75) is 64.0 Å². The van der Waals surface area contributed by atoms with Crippen molar-refractivity contribution < 1.29 is 13.9 Å². The zero-order valence-corrected chi connectivity index (χ0v) is 16.1. The zero-order chi connectivity index (χ0) is 19.1. The average Bonchev–Trinajstić information content (AvgIpc) is 2.70. The van der Waals surface area contributed by atoms with Gasteiger partial charge in [-0.15, -0.1) is 0 Å². The number of hydrogen-bond acceptors (Lipinski definition) is 5. The first-order chi connectivity index (χ1) is 13.2. The Morgan fingerprint density at radius 3 is 2.81 bits per heavy atom. The van der Waals surface area contributed by atoms with Gasteiger partial charge in [0.2, 0.25) is 5.83 Å². The van der Waals surface area contributed by atoms with Gasteiger partial charge in [0.25, 0.3) is 0 Å². The fourth-order valence-electron chi connectivity index (χ4n) is 4.09. The van der Waals surface area contributed by atoms with Crippen LogP contribution in [-0.2, 0) is 9.53 Å². The first-order valence-corrected chi connectivity index (χ1v) is 10.2. The smallest absolute Gasteiger partial charge is 0.367 e. The maximum atomic E-state index is 13.7.